The lowest BCUT2D eigenvalue weighted by Crippen LogP contribution is -2.65. The van der Waals surface area contributed by atoms with Crippen LogP contribution in [0.25, 0.3) is 21.9 Å². The highest BCUT2D eigenvalue weighted by molar-refractivity contribution is 8.01. The van der Waals surface area contributed by atoms with Gasteiger partial charge in [-0.15, -0.1) is 35.3 Å². The van der Waals surface area contributed by atoms with Crippen LogP contribution in [0.1, 0.15) is 0 Å². The average molecular weight is 962 g/mol. The standard InChI is InChI=1S/C51H34B3N3O5S5/c1-63-24-14-34-45-42(17-24)59-48-27-10-6-8-12-39(27)61-50(48)53(45)29-20-30-35(22-33(29)55-34)56(66-4)37-15-25(64-2)16-38-46(37)52(30)31-21-32-41(23-36(31)57(38)67-5)58-43-18-26(65-3)19-44-47(43)54(32)51-49(60-44)28-11-7-9-13-40(28)62-51/h6-23,55H,1-5H3. The minimum atomic E-state index is -0.248. The largest absolute Gasteiger partial charge is 0.466 e. The molecule has 9 aromatic rings. The Morgan fingerprint density at radius 1 is 0.433 bits per heavy atom. The van der Waals surface area contributed by atoms with Crippen LogP contribution in [0.2, 0.25) is 0 Å². The molecule has 0 spiro atoms. The van der Waals surface area contributed by atoms with Gasteiger partial charge < -0.3 is 28.4 Å². The van der Waals surface area contributed by atoms with E-state index >= 15 is 0 Å². The Morgan fingerprint density at radius 3 is 1.57 bits per heavy atom. The number of hydrogen-bond acceptors (Lipinski definition) is 13. The van der Waals surface area contributed by atoms with Gasteiger partial charge in [-0.1, -0.05) is 36.4 Å². The molecule has 8 nitrogen and oxygen atoms in total. The van der Waals surface area contributed by atoms with Crippen molar-refractivity contribution >= 4 is 185 Å². The van der Waals surface area contributed by atoms with Crippen LogP contribution in [-0.4, -0.2) is 51.4 Å². The summed E-state index contributed by atoms with van der Waals surface area (Å²) >= 11 is 8.65. The maximum Gasteiger partial charge on any atom is 0.305 e. The first kappa shape index (κ1) is 39.4. The molecule has 0 atom stereocenters. The highest BCUT2D eigenvalue weighted by Crippen LogP contribution is 2.48. The maximum absolute atomic E-state index is 7.07. The summed E-state index contributed by atoms with van der Waals surface area (Å²) in [5, 5.41) is 5.88. The van der Waals surface area contributed by atoms with Gasteiger partial charge in [-0.3, -0.25) is 8.61 Å². The number of para-hydroxylation sites is 2. The van der Waals surface area contributed by atoms with Crippen molar-refractivity contribution in [2.75, 3.05) is 45.2 Å². The summed E-state index contributed by atoms with van der Waals surface area (Å²) in [5.41, 5.74) is 18.1. The van der Waals surface area contributed by atoms with Gasteiger partial charge in [0.1, 0.15) is 45.5 Å². The van der Waals surface area contributed by atoms with Crippen LogP contribution in [0.5, 0.6) is 34.5 Å². The smallest absolute Gasteiger partial charge is 0.305 e. The Balaban J connectivity index is 1.00. The first-order valence-electron chi connectivity index (χ1n) is 22.0. The van der Waals surface area contributed by atoms with Gasteiger partial charge in [-0.05, 0) is 137 Å². The van der Waals surface area contributed by atoms with Gasteiger partial charge in [-0.25, -0.2) is 0 Å². The lowest BCUT2D eigenvalue weighted by Gasteiger charge is -2.44. The fourth-order valence-electron chi connectivity index (χ4n) is 11.5. The SMILES string of the molecule is CSc1cc2c3c(c1)Oc1c(oc4ccccc14)B3c1cc3c(cc1N2)N(SC)c1cc(SC)cc2c1B3c1cc3c(cc1N2SC)Oc1cc(SC)cc2c1B3c1oc3ccccc3c1O2. The number of anilines is 6. The first-order valence-corrected chi connectivity index (χ1v) is 28.0. The second-order valence-corrected chi connectivity index (χ2v) is 21.5. The minimum absolute atomic E-state index is 0.127. The monoisotopic (exact) mass is 961 g/mol. The summed E-state index contributed by atoms with van der Waals surface area (Å²) < 4.78 is 39.3. The van der Waals surface area contributed by atoms with E-state index in [0.29, 0.717) is 0 Å². The van der Waals surface area contributed by atoms with E-state index in [1.165, 1.54) is 32.7 Å². The van der Waals surface area contributed by atoms with Crippen molar-refractivity contribution in [3.63, 3.8) is 0 Å². The molecule has 15 rings (SSSR count). The fourth-order valence-corrected chi connectivity index (χ4v) is 14.3. The van der Waals surface area contributed by atoms with Crippen LogP contribution in [0, 0.1) is 0 Å². The molecule has 0 fully saturated rings. The Morgan fingerprint density at radius 2 is 0.955 bits per heavy atom. The molecule has 0 saturated carbocycles. The van der Waals surface area contributed by atoms with Gasteiger partial charge in [0, 0.05) is 61.3 Å². The molecule has 6 aliphatic rings. The molecule has 0 unspecified atom stereocenters. The summed E-state index contributed by atoms with van der Waals surface area (Å²) in [6.45, 7) is -0.571. The molecular formula is C51H34B3N3O5S5. The van der Waals surface area contributed by atoms with Gasteiger partial charge in [0.15, 0.2) is 11.5 Å². The van der Waals surface area contributed by atoms with E-state index in [-0.39, 0.29) is 20.1 Å². The van der Waals surface area contributed by atoms with Crippen LogP contribution >= 0.6 is 59.2 Å². The number of ether oxygens (including phenoxy) is 3. The van der Waals surface area contributed by atoms with E-state index in [4.69, 9.17) is 23.0 Å². The highest BCUT2D eigenvalue weighted by Gasteiger charge is 2.50. The van der Waals surface area contributed by atoms with Crippen LogP contribution in [0.15, 0.2) is 133 Å². The van der Waals surface area contributed by atoms with Crippen LogP contribution in [0.3, 0.4) is 0 Å². The summed E-state index contributed by atoms with van der Waals surface area (Å²) in [6, 6.07) is 39.5. The molecule has 6 aliphatic heterocycles. The Hall–Kier alpha value is -5.64. The molecule has 0 aliphatic carbocycles. The average Bonchev–Trinajstić information content (AvgIpc) is 3.93. The molecule has 0 radical (unpaired) electrons. The van der Waals surface area contributed by atoms with E-state index < -0.39 is 0 Å². The third-order valence-corrected chi connectivity index (χ3v) is 17.9. The van der Waals surface area contributed by atoms with Crippen molar-refractivity contribution in [1.82, 2.24) is 0 Å². The van der Waals surface area contributed by atoms with Crippen molar-refractivity contribution in [2.45, 2.75) is 14.7 Å². The number of rotatable bonds is 5. The normalized spacial score (nSPS) is 14.7. The van der Waals surface area contributed by atoms with E-state index in [1.54, 1.807) is 59.2 Å². The number of fused-ring (bicyclic) bond motifs is 16. The summed E-state index contributed by atoms with van der Waals surface area (Å²) in [4.78, 5) is 3.42. The fraction of sp³-hybridized carbons (Fsp3) is 0.0980. The predicted octanol–water partition coefficient (Wildman–Crippen LogP) is 8.73. The number of furan rings is 2. The van der Waals surface area contributed by atoms with Gasteiger partial charge >= 0.3 is 13.4 Å². The van der Waals surface area contributed by atoms with Gasteiger partial charge in [0.25, 0.3) is 6.71 Å². The van der Waals surface area contributed by atoms with Gasteiger partial charge in [0.2, 0.25) is 0 Å². The van der Waals surface area contributed by atoms with E-state index in [9.17, 15) is 0 Å². The van der Waals surface area contributed by atoms with Gasteiger partial charge in [0.05, 0.1) is 27.8 Å². The molecular weight excluding hydrogens is 927 g/mol. The third-order valence-electron chi connectivity index (χ3n) is 14.3. The second-order valence-electron chi connectivity index (χ2n) is 17.4. The molecule has 7 aromatic carbocycles. The van der Waals surface area contributed by atoms with Crippen molar-refractivity contribution in [3.05, 3.63) is 109 Å². The Bertz CT molecular complexity index is 3500. The van der Waals surface area contributed by atoms with Crippen LogP contribution in [0.4, 0.5) is 34.1 Å². The van der Waals surface area contributed by atoms with Crippen molar-refractivity contribution in [2.24, 2.45) is 0 Å². The lowest BCUT2D eigenvalue weighted by molar-refractivity contribution is 0.459. The van der Waals surface area contributed by atoms with Crippen molar-refractivity contribution in [1.29, 1.82) is 0 Å². The number of benzene rings is 7. The molecule has 67 heavy (non-hydrogen) atoms. The molecule has 0 saturated heterocycles. The zero-order valence-corrected chi connectivity index (χ0v) is 40.7. The van der Waals surface area contributed by atoms with E-state index in [0.717, 1.165) is 122 Å². The zero-order valence-electron chi connectivity index (χ0n) is 36.6. The van der Waals surface area contributed by atoms with E-state index in [2.05, 4.69) is 124 Å². The summed E-state index contributed by atoms with van der Waals surface area (Å²) in [5.74, 6) is 4.85. The van der Waals surface area contributed by atoms with Gasteiger partial charge in [-0.2, -0.15) is 0 Å². The third kappa shape index (κ3) is 5.23. The lowest BCUT2D eigenvalue weighted by atomic mass is 9.30. The summed E-state index contributed by atoms with van der Waals surface area (Å²) in [6.07, 6.45) is 10.7. The summed E-state index contributed by atoms with van der Waals surface area (Å²) in [7, 11) is 0. The Kier molecular flexibility index (Phi) is 8.35. The topological polar surface area (TPSA) is 72.5 Å². The minimum Gasteiger partial charge on any atom is -0.466 e. The molecule has 322 valence electrons. The quantitative estimate of drug-likeness (QED) is 0.102. The molecule has 8 heterocycles. The van der Waals surface area contributed by atoms with Crippen LogP contribution in [-0.2, 0) is 0 Å². The number of hydrogen-bond donors (Lipinski definition) is 1. The number of thioether (sulfide) groups is 3. The molecule has 2 aromatic heterocycles. The molecule has 16 heteroatoms. The Labute approximate surface area is 408 Å². The van der Waals surface area contributed by atoms with Crippen molar-refractivity contribution < 1.29 is 23.0 Å². The maximum atomic E-state index is 7.07. The predicted molar refractivity (Wildman–Crippen MR) is 289 cm³/mol. The highest BCUT2D eigenvalue weighted by atomic mass is 32.2. The van der Waals surface area contributed by atoms with Crippen LogP contribution < -0.4 is 77.7 Å². The number of nitrogens with one attached hydrogen (secondary N) is 1. The zero-order chi connectivity index (χ0) is 44.6. The van der Waals surface area contributed by atoms with Crippen molar-refractivity contribution in [3.8, 4) is 34.5 Å². The van der Waals surface area contributed by atoms with E-state index in [1.807, 2.05) is 30.3 Å². The molecule has 0 amide bonds. The molecule has 1 N–H and O–H groups in total. The second kappa shape index (κ2) is 14.2. The first-order chi connectivity index (χ1) is 32.9. The number of nitrogens with zero attached hydrogens (tertiary/aromatic N) is 2. The molecule has 0 bridgehead atoms.